The van der Waals surface area contributed by atoms with E-state index in [0.29, 0.717) is 45.3 Å². The van der Waals surface area contributed by atoms with Crippen molar-refractivity contribution in [2.75, 3.05) is 7.05 Å². The predicted molar refractivity (Wildman–Crippen MR) is 134 cm³/mol. The van der Waals surface area contributed by atoms with E-state index in [1.165, 1.54) is 33.5 Å². The van der Waals surface area contributed by atoms with Gasteiger partial charge in [0.05, 0.1) is 12.1 Å². The van der Waals surface area contributed by atoms with Gasteiger partial charge in [0.25, 0.3) is 0 Å². The molecule has 2 heterocycles. The quantitative estimate of drug-likeness (QED) is 0.561. The molecule has 0 saturated carbocycles. The van der Waals surface area contributed by atoms with Gasteiger partial charge in [-0.15, -0.1) is 0 Å². The van der Waals surface area contributed by atoms with Crippen molar-refractivity contribution in [3.8, 4) is 12.1 Å². The van der Waals surface area contributed by atoms with Gasteiger partial charge in [-0.2, -0.15) is 15.3 Å². The van der Waals surface area contributed by atoms with E-state index in [9.17, 15) is 20.1 Å². The van der Waals surface area contributed by atoms with Gasteiger partial charge in [-0.05, 0) is 41.9 Å². The van der Waals surface area contributed by atoms with Crippen LogP contribution in [0.2, 0.25) is 0 Å². The van der Waals surface area contributed by atoms with Gasteiger partial charge in [0.2, 0.25) is 5.82 Å². The summed E-state index contributed by atoms with van der Waals surface area (Å²) < 4.78 is 2.38. The van der Waals surface area contributed by atoms with E-state index < -0.39 is 22.6 Å². The van der Waals surface area contributed by atoms with Crippen LogP contribution >= 0.6 is 0 Å². The first-order valence-electron chi connectivity index (χ1n) is 11.7. The van der Waals surface area contributed by atoms with Crippen LogP contribution in [-0.4, -0.2) is 43.8 Å². The zero-order valence-corrected chi connectivity index (χ0v) is 20.9. The van der Waals surface area contributed by atoms with Crippen molar-refractivity contribution in [3.63, 3.8) is 0 Å². The minimum Gasteiger partial charge on any atom is -0.374 e. The molecule has 0 N–H and O–H groups in total. The van der Waals surface area contributed by atoms with Crippen LogP contribution in [0, 0.1) is 40.4 Å². The Kier molecular flexibility index (Phi) is 4.59. The molecule has 0 bridgehead atoms. The maximum atomic E-state index is 13.0. The summed E-state index contributed by atoms with van der Waals surface area (Å²) in [5, 5.41) is 36.5. The highest BCUT2D eigenvalue weighted by Gasteiger charge is 2.65. The fourth-order valence-corrected chi connectivity index (χ4v) is 5.68. The van der Waals surface area contributed by atoms with E-state index in [0.717, 1.165) is 0 Å². The van der Waals surface area contributed by atoms with Crippen molar-refractivity contribution in [1.82, 2.24) is 24.9 Å². The number of nitriles is 2. The van der Waals surface area contributed by atoms with E-state index in [1.807, 2.05) is 0 Å². The molecule has 1 aromatic rings. The fourth-order valence-electron chi connectivity index (χ4n) is 5.68. The largest absolute Gasteiger partial charge is 0.544 e. The number of aromatic nitrogens is 4. The number of urea groups is 1. The SMILES string of the molecule is CC1=NN(C)C(=O)N(C2=CC3=CC=C4C(n5nc(C)n[n+](C)c5=O)=CC=C5C=CC(=C2)C3(C#N)C54C#N)[N-]1. The van der Waals surface area contributed by atoms with Gasteiger partial charge in [-0.25, -0.2) is 4.79 Å². The number of hydrogen-bond donors (Lipinski definition) is 0. The summed E-state index contributed by atoms with van der Waals surface area (Å²) in [6.07, 6.45) is 13.9. The third kappa shape index (κ3) is 2.66. The van der Waals surface area contributed by atoms with E-state index in [-0.39, 0.29) is 0 Å². The van der Waals surface area contributed by atoms with E-state index in [2.05, 4.69) is 32.9 Å². The number of rotatable bonds is 2. The third-order valence-electron chi connectivity index (χ3n) is 7.24. The Hall–Kier alpha value is -5.36. The lowest BCUT2D eigenvalue weighted by molar-refractivity contribution is -0.750. The standard InChI is InChI=1S/C26H20N10O2/c1-15-29-33(3)23(37)35(31-15)20-11-18-6-5-17-8-10-22(36-24(38)34(4)30-16(2)32-36)21-9-7-19(12-20)25(18,13-27)26(17,21)14-28/h5-12H,1-4H3. The van der Waals surface area contributed by atoms with E-state index in [4.69, 9.17) is 0 Å². The molecule has 0 saturated heterocycles. The summed E-state index contributed by atoms with van der Waals surface area (Å²) in [4.78, 5) is 25.9. The molecule has 6 rings (SSSR count). The first-order valence-corrected chi connectivity index (χ1v) is 11.7. The Morgan fingerprint density at radius 3 is 2.42 bits per heavy atom. The normalized spacial score (nSPS) is 26.8. The number of hydrazone groups is 1. The second-order valence-corrected chi connectivity index (χ2v) is 9.33. The number of aryl methyl sites for hydroxylation is 2. The minimum atomic E-state index is -1.48. The lowest BCUT2D eigenvalue weighted by Gasteiger charge is -2.52. The van der Waals surface area contributed by atoms with Crippen LogP contribution in [0.25, 0.3) is 11.1 Å². The average Bonchev–Trinajstić information content (AvgIpc) is 2.90. The maximum Gasteiger partial charge on any atom is 0.544 e. The van der Waals surface area contributed by atoms with Crippen LogP contribution in [0.15, 0.2) is 86.5 Å². The molecule has 0 aromatic carbocycles. The van der Waals surface area contributed by atoms with Gasteiger partial charge in [0.1, 0.15) is 17.9 Å². The molecule has 0 spiro atoms. The molecule has 5 aliphatic rings. The first-order chi connectivity index (χ1) is 18.2. The van der Waals surface area contributed by atoms with Gasteiger partial charge in [-0.3, -0.25) is 5.01 Å². The predicted octanol–water partition coefficient (Wildman–Crippen LogP) is 1.82. The molecule has 0 radical (unpaired) electrons. The van der Waals surface area contributed by atoms with Crippen molar-refractivity contribution in [2.45, 2.75) is 13.8 Å². The number of amidine groups is 1. The van der Waals surface area contributed by atoms with Crippen LogP contribution in [0.3, 0.4) is 0 Å². The van der Waals surface area contributed by atoms with Crippen molar-refractivity contribution in [3.05, 3.63) is 98.3 Å². The molecule has 2 unspecified atom stereocenters. The third-order valence-corrected chi connectivity index (χ3v) is 7.24. The molecule has 4 aliphatic carbocycles. The molecule has 38 heavy (non-hydrogen) atoms. The Bertz CT molecular complexity index is 1770. The van der Waals surface area contributed by atoms with Crippen LogP contribution in [0.1, 0.15) is 12.7 Å². The number of nitrogens with zero attached hydrogens (tertiary/aromatic N) is 10. The van der Waals surface area contributed by atoms with Gasteiger partial charge in [-0.1, -0.05) is 55.8 Å². The summed E-state index contributed by atoms with van der Waals surface area (Å²) in [6, 6.07) is 4.44. The fraction of sp³-hybridized carbons (Fsp3) is 0.231. The van der Waals surface area contributed by atoms with Gasteiger partial charge in [0, 0.05) is 25.2 Å². The summed E-state index contributed by atoms with van der Waals surface area (Å²) in [6.45, 7) is 3.34. The molecule has 1 aromatic heterocycles. The Balaban J connectivity index is 1.62. The van der Waals surface area contributed by atoms with Gasteiger partial charge in [0.15, 0.2) is 5.70 Å². The van der Waals surface area contributed by atoms with Crippen molar-refractivity contribution >= 4 is 17.6 Å². The van der Waals surface area contributed by atoms with Crippen molar-refractivity contribution < 1.29 is 9.48 Å². The maximum absolute atomic E-state index is 13.0. The number of hydrogen-bond acceptors (Lipinski definition) is 7. The summed E-state index contributed by atoms with van der Waals surface area (Å²) >= 11 is 0. The molecular weight excluding hydrogens is 484 g/mol. The number of carbonyl (C=O) groups is 1. The van der Waals surface area contributed by atoms with E-state index >= 15 is 0 Å². The van der Waals surface area contributed by atoms with Crippen molar-refractivity contribution in [2.24, 2.45) is 23.0 Å². The molecule has 1 aliphatic heterocycles. The van der Waals surface area contributed by atoms with E-state index in [1.54, 1.807) is 62.5 Å². The smallest absolute Gasteiger partial charge is 0.374 e. The van der Waals surface area contributed by atoms with Crippen LogP contribution < -0.4 is 10.4 Å². The summed E-state index contributed by atoms with van der Waals surface area (Å²) in [7, 11) is 3.06. The Morgan fingerprint density at radius 2 is 1.68 bits per heavy atom. The lowest BCUT2D eigenvalue weighted by Crippen LogP contribution is -2.57. The highest BCUT2D eigenvalue weighted by molar-refractivity contribution is 5.99. The molecule has 186 valence electrons. The number of amides is 2. The molecule has 12 nitrogen and oxygen atoms in total. The molecule has 2 atom stereocenters. The highest BCUT2D eigenvalue weighted by atomic mass is 16.2. The zero-order valence-electron chi connectivity index (χ0n) is 20.9. The average molecular weight is 505 g/mol. The summed E-state index contributed by atoms with van der Waals surface area (Å²) in [5.41, 5.74) is 3.82. The molecule has 2 amide bonds. The minimum absolute atomic E-state index is 0.365. The topological polar surface area (TPSA) is 149 Å². The highest BCUT2D eigenvalue weighted by Crippen LogP contribution is 2.66. The van der Waals surface area contributed by atoms with Crippen LogP contribution in [-0.2, 0) is 7.05 Å². The Labute approximate surface area is 217 Å². The van der Waals surface area contributed by atoms with Gasteiger partial charge < -0.3 is 15.5 Å². The second-order valence-electron chi connectivity index (χ2n) is 9.33. The van der Waals surface area contributed by atoms with Crippen LogP contribution in [0.4, 0.5) is 4.79 Å². The number of carbonyl (C=O) groups excluding carboxylic acids is 1. The summed E-state index contributed by atoms with van der Waals surface area (Å²) in [5.74, 6) is 0.756. The second kappa shape index (κ2) is 7.57. The number of allylic oxidation sites excluding steroid dienone is 13. The lowest BCUT2D eigenvalue weighted by atomic mass is 9.46. The Morgan fingerprint density at radius 1 is 0.974 bits per heavy atom. The van der Waals surface area contributed by atoms with Crippen molar-refractivity contribution in [1.29, 1.82) is 10.5 Å². The molecule has 12 heteroatoms. The zero-order chi connectivity index (χ0) is 27.0. The molecular formula is C26H20N10O2. The first kappa shape index (κ1) is 23.1. The van der Waals surface area contributed by atoms with Crippen LogP contribution in [0.5, 0.6) is 0 Å². The van der Waals surface area contributed by atoms with Gasteiger partial charge >= 0.3 is 11.7 Å². The molecule has 0 fully saturated rings. The monoisotopic (exact) mass is 504 g/mol.